The molecule has 2 rings (SSSR count). The molecule has 1 unspecified atom stereocenters. The molecule has 1 aromatic heterocycles. The van der Waals surface area contributed by atoms with Gasteiger partial charge in [0.15, 0.2) is 0 Å². The van der Waals surface area contributed by atoms with E-state index in [-0.39, 0.29) is 12.5 Å². The number of nitrogens with zero attached hydrogens (tertiary/aromatic N) is 2. The Hall–Kier alpha value is -2.67. The van der Waals surface area contributed by atoms with Gasteiger partial charge >= 0.3 is 6.03 Å². The minimum absolute atomic E-state index is 0.0499. The summed E-state index contributed by atoms with van der Waals surface area (Å²) in [4.78, 5) is 20.1. The van der Waals surface area contributed by atoms with Crippen LogP contribution in [0.5, 0.6) is 5.75 Å². The Labute approximate surface area is 141 Å². The van der Waals surface area contributed by atoms with E-state index >= 15 is 0 Å². The number of rotatable bonds is 6. The van der Waals surface area contributed by atoms with Crippen molar-refractivity contribution in [1.29, 1.82) is 0 Å². The number of amides is 2. The molecule has 24 heavy (non-hydrogen) atoms. The van der Waals surface area contributed by atoms with Crippen LogP contribution in [0.3, 0.4) is 0 Å². The molecule has 7 nitrogen and oxygen atoms in total. The number of benzene rings is 1. The number of ether oxygens (including phenoxy) is 1. The number of hydrogen-bond donors (Lipinski definition) is 3. The molecule has 3 N–H and O–H groups in total. The van der Waals surface area contributed by atoms with E-state index in [1.54, 1.807) is 24.4 Å². The van der Waals surface area contributed by atoms with Gasteiger partial charge in [-0.1, -0.05) is 32.0 Å². The molecule has 0 bridgehead atoms. The van der Waals surface area contributed by atoms with Crippen LogP contribution in [0.2, 0.25) is 0 Å². The van der Waals surface area contributed by atoms with Crippen molar-refractivity contribution in [2.45, 2.75) is 25.9 Å². The third-order valence-corrected chi connectivity index (χ3v) is 3.55. The lowest BCUT2D eigenvalue weighted by Crippen LogP contribution is -2.33. The van der Waals surface area contributed by atoms with Crippen LogP contribution in [0.1, 0.15) is 37.0 Å². The fourth-order valence-corrected chi connectivity index (χ4v) is 2.26. The van der Waals surface area contributed by atoms with E-state index in [0.717, 1.165) is 5.56 Å². The van der Waals surface area contributed by atoms with Crippen molar-refractivity contribution in [3.8, 4) is 5.75 Å². The number of nitrogens with one attached hydrogen (secondary N) is 2. The summed E-state index contributed by atoms with van der Waals surface area (Å²) in [5.41, 5.74) is 1.46. The number of aliphatic hydroxyl groups is 1. The first-order valence-electron chi connectivity index (χ1n) is 7.68. The van der Waals surface area contributed by atoms with E-state index in [0.29, 0.717) is 17.1 Å². The lowest BCUT2D eigenvalue weighted by atomic mass is 10.1. The summed E-state index contributed by atoms with van der Waals surface area (Å²) in [6, 6.07) is 6.69. The van der Waals surface area contributed by atoms with Gasteiger partial charge in [-0.3, -0.25) is 5.32 Å². The fraction of sp³-hybridized carbons (Fsp3) is 0.353. The van der Waals surface area contributed by atoms with Gasteiger partial charge in [0, 0.05) is 23.9 Å². The molecule has 0 aliphatic heterocycles. The van der Waals surface area contributed by atoms with Gasteiger partial charge in [-0.2, -0.15) is 0 Å². The number of carbonyl (C=O) groups is 1. The minimum Gasteiger partial charge on any atom is -0.496 e. The molecule has 0 aliphatic carbocycles. The fourth-order valence-electron chi connectivity index (χ4n) is 2.26. The zero-order valence-corrected chi connectivity index (χ0v) is 14.0. The number of aliphatic hydroxyl groups excluding tert-OH is 1. The summed E-state index contributed by atoms with van der Waals surface area (Å²) >= 11 is 0. The molecule has 0 fully saturated rings. The number of aromatic nitrogens is 2. The summed E-state index contributed by atoms with van der Waals surface area (Å²) in [6.45, 7) is 4.04. The van der Waals surface area contributed by atoms with Crippen LogP contribution in [0.15, 0.2) is 36.8 Å². The monoisotopic (exact) mass is 330 g/mol. The molecule has 1 atom stereocenters. The topological polar surface area (TPSA) is 96.4 Å². The Morgan fingerprint density at radius 3 is 2.75 bits per heavy atom. The Balaban J connectivity index is 1.96. The van der Waals surface area contributed by atoms with E-state index in [1.807, 2.05) is 19.9 Å². The van der Waals surface area contributed by atoms with Crippen LogP contribution in [0.4, 0.5) is 10.6 Å². The van der Waals surface area contributed by atoms with Crippen molar-refractivity contribution in [3.63, 3.8) is 0 Å². The Kier molecular flexibility index (Phi) is 6.08. The second-order valence-corrected chi connectivity index (χ2v) is 5.57. The number of carbonyl (C=O) groups excluding carboxylic acids is 1. The first kappa shape index (κ1) is 17.7. The van der Waals surface area contributed by atoms with E-state index in [4.69, 9.17) is 4.74 Å². The Morgan fingerprint density at radius 1 is 1.29 bits per heavy atom. The predicted octanol–water partition coefficient (Wildman–Crippen LogP) is 2.46. The zero-order chi connectivity index (χ0) is 17.5. The molecule has 7 heteroatoms. The normalized spacial score (nSPS) is 11.9. The summed E-state index contributed by atoms with van der Waals surface area (Å²) < 4.78 is 5.21. The molecule has 0 saturated carbocycles. The standard InChI is InChI=1S/C17H22N4O3/c1-11(2)13-8-18-10-20-16(13)21-17(23)19-9-14(22)12-6-4-5-7-15(12)24-3/h4-8,10-11,14,22H,9H2,1-3H3,(H2,18,19,20,21,23). The van der Waals surface area contributed by atoms with E-state index in [9.17, 15) is 9.90 Å². The van der Waals surface area contributed by atoms with Gasteiger partial charge in [0.25, 0.3) is 0 Å². The summed E-state index contributed by atoms with van der Waals surface area (Å²) in [6.07, 6.45) is 2.18. The maximum atomic E-state index is 12.1. The molecule has 2 amide bonds. The molecule has 0 saturated heterocycles. The van der Waals surface area contributed by atoms with Crippen LogP contribution in [-0.2, 0) is 0 Å². The summed E-state index contributed by atoms with van der Waals surface area (Å²) in [5, 5.41) is 15.6. The van der Waals surface area contributed by atoms with Gasteiger partial charge in [0.2, 0.25) is 0 Å². The van der Waals surface area contributed by atoms with Crippen LogP contribution in [0.25, 0.3) is 0 Å². The molecule has 2 aromatic rings. The largest absolute Gasteiger partial charge is 0.496 e. The van der Waals surface area contributed by atoms with Crippen molar-refractivity contribution >= 4 is 11.8 Å². The highest BCUT2D eigenvalue weighted by Crippen LogP contribution is 2.24. The average Bonchev–Trinajstić information content (AvgIpc) is 2.59. The van der Waals surface area contributed by atoms with Crippen molar-refractivity contribution in [1.82, 2.24) is 15.3 Å². The SMILES string of the molecule is COc1ccccc1C(O)CNC(=O)Nc1ncncc1C(C)C. The summed E-state index contributed by atoms with van der Waals surface area (Å²) in [5.74, 6) is 1.22. The third-order valence-electron chi connectivity index (χ3n) is 3.55. The van der Waals surface area contributed by atoms with Crippen molar-refractivity contribution in [2.24, 2.45) is 0 Å². The highest BCUT2D eigenvalue weighted by Gasteiger charge is 2.15. The van der Waals surface area contributed by atoms with Crippen LogP contribution in [0, 0.1) is 0 Å². The van der Waals surface area contributed by atoms with E-state index in [1.165, 1.54) is 13.4 Å². The van der Waals surface area contributed by atoms with Gasteiger partial charge in [-0.05, 0) is 12.0 Å². The lowest BCUT2D eigenvalue weighted by molar-refractivity contribution is 0.171. The molecule has 0 aliphatic rings. The maximum absolute atomic E-state index is 12.1. The third kappa shape index (κ3) is 4.42. The first-order chi connectivity index (χ1) is 11.5. The Morgan fingerprint density at radius 2 is 2.04 bits per heavy atom. The van der Waals surface area contributed by atoms with E-state index < -0.39 is 12.1 Å². The van der Waals surface area contributed by atoms with Crippen molar-refractivity contribution in [3.05, 3.63) is 47.9 Å². The predicted molar refractivity (Wildman–Crippen MR) is 91.1 cm³/mol. The van der Waals surface area contributed by atoms with Crippen LogP contribution < -0.4 is 15.4 Å². The molecular weight excluding hydrogens is 308 g/mol. The number of urea groups is 1. The van der Waals surface area contributed by atoms with Gasteiger partial charge in [-0.15, -0.1) is 0 Å². The van der Waals surface area contributed by atoms with E-state index in [2.05, 4.69) is 20.6 Å². The van der Waals surface area contributed by atoms with Crippen LogP contribution >= 0.6 is 0 Å². The second kappa shape index (κ2) is 8.26. The molecule has 1 heterocycles. The summed E-state index contributed by atoms with van der Waals surface area (Å²) in [7, 11) is 1.54. The van der Waals surface area contributed by atoms with Crippen LogP contribution in [-0.4, -0.2) is 34.8 Å². The number of anilines is 1. The average molecular weight is 330 g/mol. The number of methoxy groups -OCH3 is 1. The quantitative estimate of drug-likeness (QED) is 0.756. The smallest absolute Gasteiger partial charge is 0.320 e. The maximum Gasteiger partial charge on any atom is 0.320 e. The molecule has 0 radical (unpaired) electrons. The molecular formula is C17H22N4O3. The van der Waals surface area contributed by atoms with Gasteiger partial charge in [0.05, 0.1) is 13.2 Å². The van der Waals surface area contributed by atoms with Gasteiger partial charge < -0.3 is 15.2 Å². The van der Waals surface area contributed by atoms with Gasteiger partial charge in [-0.25, -0.2) is 14.8 Å². The second-order valence-electron chi connectivity index (χ2n) is 5.57. The molecule has 1 aromatic carbocycles. The number of hydrogen-bond acceptors (Lipinski definition) is 5. The molecule has 0 spiro atoms. The van der Waals surface area contributed by atoms with Gasteiger partial charge in [0.1, 0.15) is 17.9 Å². The number of para-hydroxylation sites is 1. The minimum atomic E-state index is -0.873. The lowest BCUT2D eigenvalue weighted by Gasteiger charge is -2.16. The van der Waals surface area contributed by atoms with Crippen molar-refractivity contribution < 1.29 is 14.6 Å². The zero-order valence-electron chi connectivity index (χ0n) is 14.0. The Bertz CT molecular complexity index is 691. The van der Waals surface area contributed by atoms with Crippen molar-refractivity contribution in [2.75, 3.05) is 19.0 Å². The highest BCUT2D eigenvalue weighted by molar-refractivity contribution is 5.88. The first-order valence-corrected chi connectivity index (χ1v) is 7.68. The highest BCUT2D eigenvalue weighted by atomic mass is 16.5. The molecule has 128 valence electrons.